The van der Waals surface area contributed by atoms with Gasteiger partial charge in [0, 0.05) is 38.8 Å². The number of nitrogens with zero attached hydrogens (tertiary/aromatic N) is 2. The van der Waals surface area contributed by atoms with E-state index in [1.807, 2.05) is 0 Å². The van der Waals surface area contributed by atoms with E-state index in [1.54, 1.807) is 6.92 Å². The van der Waals surface area contributed by atoms with Crippen LogP contribution in [0.1, 0.15) is 19.8 Å². The van der Waals surface area contributed by atoms with Crippen molar-refractivity contribution in [2.24, 2.45) is 0 Å². The molecule has 21 heavy (non-hydrogen) atoms. The SMILES string of the molecule is CCOC(=O)C(CN1CCN(S(C)(=O)=O)CC1)NC1CC1. The van der Waals surface area contributed by atoms with Gasteiger partial charge in [-0.15, -0.1) is 0 Å². The van der Waals surface area contributed by atoms with Crippen molar-refractivity contribution in [3.05, 3.63) is 0 Å². The van der Waals surface area contributed by atoms with Crippen LogP contribution >= 0.6 is 0 Å². The van der Waals surface area contributed by atoms with Gasteiger partial charge >= 0.3 is 5.97 Å². The lowest BCUT2D eigenvalue weighted by atomic mass is 10.2. The molecule has 122 valence electrons. The maximum absolute atomic E-state index is 12.0. The van der Waals surface area contributed by atoms with E-state index in [9.17, 15) is 13.2 Å². The van der Waals surface area contributed by atoms with E-state index < -0.39 is 10.0 Å². The Balaban J connectivity index is 1.84. The van der Waals surface area contributed by atoms with Gasteiger partial charge in [0.2, 0.25) is 10.0 Å². The van der Waals surface area contributed by atoms with Gasteiger partial charge in [-0.1, -0.05) is 0 Å². The summed E-state index contributed by atoms with van der Waals surface area (Å²) in [6.07, 6.45) is 3.45. The molecular weight excluding hydrogens is 294 g/mol. The summed E-state index contributed by atoms with van der Waals surface area (Å²) in [6.45, 7) is 5.02. The third-order valence-electron chi connectivity index (χ3n) is 3.83. The van der Waals surface area contributed by atoms with E-state index >= 15 is 0 Å². The average molecular weight is 319 g/mol. The molecule has 0 spiro atoms. The fraction of sp³-hybridized carbons (Fsp3) is 0.923. The highest BCUT2D eigenvalue weighted by Crippen LogP contribution is 2.20. The van der Waals surface area contributed by atoms with Crippen LogP contribution in [-0.4, -0.2) is 81.3 Å². The van der Waals surface area contributed by atoms with Crippen LogP contribution in [0.3, 0.4) is 0 Å². The zero-order valence-electron chi connectivity index (χ0n) is 12.7. The highest BCUT2D eigenvalue weighted by Gasteiger charge is 2.32. The molecule has 0 aromatic carbocycles. The zero-order valence-corrected chi connectivity index (χ0v) is 13.6. The van der Waals surface area contributed by atoms with Gasteiger partial charge in [-0.3, -0.25) is 9.69 Å². The molecule has 7 nitrogen and oxygen atoms in total. The second kappa shape index (κ2) is 7.04. The van der Waals surface area contributed by atoms with Crippen LogP contribution in [0.5, 0.6) is 0 Å². The largest absolute Gasteiger partial charge is 0.465 e. The second-order valence-electron chi connectivity index (χ2n) is 5.71. The molecule has 1 N–H and O–H groups in total. The molecule has 0 aromatic rings. The molecule has 2 aliphatic rings. The molecule has 0 bridgehead atoms. The van der Waals surface area contributed by atoms with Gasteiger partial charge in [0.1, 0.15) is 6.04 Å². The topological polar surface area (TPSA) is 79.0 Å². The summed E-state index contributed by atoms with van der Waals surface area (Å²) in [6, 6.07) is 0.110. The van der Waals surface area contributed by atoms with Gasteiger partial charge in [-0.2, -0.15) is 4.31 Å². The van der Waals surface area contributed by atoms with E-state index in [0.717, 1.165) is 12.8 Å². The van der Waals surface area contributed by atoms with Gasteiger partial charge in [0.05, 0.1) is 12.9 Å². The first-order valence-corrected chi connectivity index (χ1v) is 9.35. The predicted molar refractivity (Wildman–Crippen MR) is 79.4 cm³/mol. The molecule has 2 rings (SSSR count). The normalized spacial score (nSPS) is 23.0. The lowest BCUT2D eigenvalue weighted by Crippen LogP contribution is -2.54. The standard InChI is InChI=1S/C13H25N3O4S/c1-3-20-13(17)12(14-11-4-5-11)10-15-6-8-16(9-7-15)21(2,18)19/h11-12,14H,3-10H2,1-2H3. The third kappa shape index (κ3) is 5.21. The van der Waals surface area contributed by atoms with Crippen LogP contribution in [0.2, 0.25) is 0 Å². The molecule has 2 fully saturated rings. The Kier molecular flexibility index (Phi) is 5.59. The Morgan fingerprint density at radius 1 is 1.29 bits per heavy atom. The average Bonchev–Trinajstić information content (AvgIpc) is 3.22. The molecule has 1 aliphatic heterocycles. The Labute approximate surface area is 126 Å². The van der Waals surface area contributed by atoms with Gasteiger partial charge in [0.15, 0.2) is 0 Å². The molecule has 1 saturated heterocycles. The second-order valence-corrected chi connectivity index (χ2v) is 7.69. The number of piperazine rings is 1. The van der Waals surface area contributed by atoms with E-state index in [-0.39, 0.29) is 12.0 Å². The van der Waals surface area contributed by atoms with Crippen LogP contribution in [0.4, 0.5) is 0 Å². The van der Waals surface area contributed by atoms with Crippen molar-refractivity contribution in [1.82, 2.24) is 14.5 Å². The van der Waals surface area contributed by atoms with Gasteiger partial charge < -0.3 is 10.1 Å². The molecule has 0 aromatic heterocycles. The summed E-state index contributed by atoms with van der Waals surface area (Å²) in [7, 11) is -3.11. The summed E-state index contributed by atoms with van der Waals surface area (Å²) in [5.74, 6) is -0.213. The molecule has 0 amide bonds. The summed E-state index contributed by atoms with van der Waals surface area (Å²) >= 11 is 0. The number of carbonyl (C=O) groups is 1. The zero-order chi connectivity index (χ0) is 15.5. The monoisotopic (exact) mass is 319 g/mol. The first kappa shape index (κ1) is 16.7. The van der Waals surface area contributed by atoms with Crippen molar-refractivity contribution in [1.29, 1.82) is 0 Å². The van der Waals surface area contributed by atoms with E-state index in [0.29, 0.717) is 45.4 Å². The first-order valence-electron chi connectivity index (χ1n) is 7.50. The van der Waals surface area contributed by atoms with Crippen molar-refractivity contribution >= 4 is 16.0 Å². The Bertz CT molecular complexity index is 456. The summed E-state index contributed by atoms with van der Waals surface area (Å²) in [4.78, 5) is 14.1. The number of sulfonamides is 1. The van der Waals surface area contributed by atoms with Crippen molar-refractivity contribution in [2.75, 3.05) is 45.6 Å². The molecular formula is C13H25N3O4S. The van der Waals surface area contributed by atoms with Crippen molar-refractivity contribution < 1.29 is 17.9 Å². The Morgan fingerprint density at radius 2 is 1.90 bits per heavy atom. The van der Waals surface area contributed by atoms with E-state index in [2.05, 4.69) is 10.2 Å². The van der Waals surface area contributed by atoms with Crippen molar-refractivity contribution in [3.8, 4) is 0 Å². The highest BCUT2D eigenvalue weighted by molar-refractivity contribution is 7.88. The number of esters is 1. The van der Waals surface area contributed by atoms with Crippen LogP contribution in [0, 0.1) is 0 Å². The minimum Gasteiger partial charge on any atom is -0.465 e. The number of hydrogen-bond donors (Lipinski definition) is 1. The van der Waals surface area contributed by atoms with Gasteiger partial charge in [0.25, 0.3) is 0 Å². The quantitative estimate of drug-likeness (QED) is 0.622. The summed E-state index contributed by atoms with van der Waals surface area (Å²) in [5.41, 5.74) is 0. The molecule has 8 heteroatoms. The fourth-order valence-electron chi connectivity index (χ4n) is 2.47. The number of nitrogens with one attached hydrogen (secondary N) is 1. The van der Waals surface area contributed by atoms with Crippen LogP contribution < -0.4 is 5.32 Å². The number of rotatable bonds is 7. The van der Waals surface area contributed by atoms with E-state index in [4.69, 9.17) is 4.74 Å². The lowest BCUT2D eigenvalue weighted by Gasteiger charge is -2.34. The predicted octanol–water partition coefficient (Wildman–Crippen LogP) is -0.753. The number of ether oxygens (including phenoxy) is 1. The van der Waals surface area contributed by atoms with Crippen LogP contribution in [-0.2, 0) is 19.6 Å². The maximum atomic E-state index is 12.0. The number of carbonyl (C=O) groups excluding carboxylic acids is 1. The third-order valence-corrected chi connectivity index (χ3v) is 5.13. The lowest BCUT2D eigenvalue weighted by molar-refractivity contribution is -0.146. The highest BCUT2D eigenvalue weighted by atomic mass is 32.2. The van der Waals surface area contributed by atoms with Crippen molar-refractivity contribution in [2.45, 2.75) is 31.8 Å². The summed E-state index contributed by atoms with van der Waals surface area (Å²) < 4.78 is 29.6. The van der Waals surface area contributed by atoms with Crippen LogP contribution in [0.15, 0.2) is 0 Å². The maximum Gasteiger partial charge on any atom is 0.324 e. The minimum atomic E-state index is -3.11. The fourth-order valence-corrected chi connectivity index (χ4v) is 3.30. The van der Waals surface area contributed by atoms with Crippen LogP contribution in [0.25, 0.3) is 0 Å². The van der Waals surface area contributed by atoms with Gasteiger partial charge in [-0.05, 0) is 19.8 Å². The first-order chi connectivity index (χ1) is 9.90. The molecule has 1 heterocycles. The van der Waals surface area contributed by atoms with Crippen molar-refractivity contribution in [3.63, 3.8) is 0 Å². The molecule has 0 radical (unpaired) electrons. The summed E-state index contributed by atoms with van der Waals surface area (Å²) in [5, 5.41) is 3.32. The minimum absolute atomic E-state index is 0.213. The molecule has 1 saturated carbocycles. The molecule has 1 aliphatic carbocycles. The van der Waals surface area contributed by atoms with Gasteiger partial charge in [-0.25, -0.2) is 8.42 Å². The Hall–Kier alpha value is -0.700. The number of hydrogen-bond acceptors (Lipinski definition) is 6. The molecule has 1 unspecified atom stereocenters. The Morgan fingerprint density at radius 3 is 2.38 bits per heavy atom. The van der Waals surface area contributed by atoms with E-state index in [1.165, 1.54) is 10.6 Å². The molecule has 1 atom stereocenters. The smallest absolute Gasteiger partial charge is 0.324 e.